The van der Waals surface area contributed by atoms with Gasteiger partial charge in [-0.2, -0.15) is 0 Å². The molecule has 2 aromatic carbocycles. The molecule has 2 aliphatic heterocycles. The fraction of sp³-hybridized carbons (Fsp3) is 0.400. The van der Waals surface area contributed by atoms with Crippen LogP contribution in [-0.2, 0) is 4.84 Å². The molecular weight excluding hydrogens is 505 g/mol. The van der Waals surface area contributed by atoms with Gasteiger partial charge >= 0.3 is 0 Å². The van der Waals surface area contributed by atoms with Crippen molar-refractivity contribution in [1.29, 1.82) is 0 Å². The van der Waals surface area contributed by atoms with Gasteiger partial charge in [0.05, 0.1) is 31.4 Å². The maximum atomic E-state index is 12.0. The number of aromatic nitrogens is 2. The van der Waals surface area contributed by atoms with Crippen LogP contribution in [0.15, 0.2) is 59.7 Å². The molecule has 3 aromatic rings. The fourth-order valence-corrected chi connectivity index (χ4v) is 5.48. The second kappa shape index (κ2) is 11.6. The van der Waals surface area contributed by atoms with E-state index < -0.39 is 17.5 Å². The van der Waals surface area contributed by atoms with Gasteiger partial charge in [-0.3, -0.25) is 0 Å². The van der Waals surface area contributed by atoms with Gasteiger partial charge in [0.15, 0.2) is 28.9 Å². The first-order chi connectivity index (χ1) is 18.9. The molecule has 0 radical (unpaired) electrons. The molecule has 3 aliphatic rings. The van der Waals surface area contributed by atoms with Gasteiger partial charge in [0.1, 0.15) is 5.75 Å². The number of hydrogen-bond donors (Lipinski definition) is 0. The van der Waals surface area contributed by atoms with Crippen LogP contribution in [-0.4, -0.2) is 46.1 Å². The molecule has 1 aliphatic carbocycles. The van der Waals surface area contributed by atoms with Crippen molar-refractivity contribution in [2.45, 2.75) is 57.5 Å². The van der Waals surface area contributed by atoms with Gasteiger partial charge in [-0.25, -0.2) is 18.2 Å². The quantitative estimate of drug-likeness (QED) is 0.344. The fourth-order valence-electron chi connectivity index (χ4n) is 5.48. The Hall–Kier alpha value is -3.75. The third-order valence-electron chi connectivity index (χ3n) is 7.47. The Morgan fingerprint density at radius 2 is 1.79 bits per heavy atom. The van der Waals surface area contributed by atoms with Crippen molar-refractivity contribution in [3.8, 4) is 11.4 Å². The first kappa shape index (κ1) is 26.8. The molecule has 2 fully saturated rings. The minimum atomic E-state index is -1.42. The molecule has 1 saturated carbocycles. The highest BCUT2D eigenvalue weighted by molar-refractivity contribution is 6.02. The summed E-state index contributed by atoms with van der Waals surface area (Å²) < 4.78 is 43.6. The SMILES string of the molecule is COc1cc(/C=C2\CCCN3CC4(CCCCC4)ON=C23)ccc1-n1cnc(C)c1.Fc1cccc(F)c1F. The summed E-state index contributed by atoms with van der Waals surface area (Å²) in [5, 5.41) is 4.65. The van der Waals surface area contributed by atoms with E-state index in [0.717, 1.165) is 85.5 Å². The van der Waals surface area contributed by atoms with E-state index in [0.29, 0.717) is 0 Å². The molecule has 9 heteroatoms. The second-order valence-electron chi connectivity index (χ2n) is 10.3. The van der Waals surface area contributed by atoms with E-state index in [4.69, 9.17) is 9.57 Å². The lowest BCUT2D eigenvalue weighted by Gasteiger charge is -2.45. The number of oxime groups is 1. The van der Waals surface area contributed by atoms with Crippen molar-refractivity contribution < 1.29 is 22.7 Å². The van der Waals surface area contributed by atoms with Crippen molar-refractivity contribution in [3.63, 3.8) is 0 Å². The second-order valence-corrected chi connectivity index (χ2v) is 10.3. The average molecular weight is 539 g/mol. The Morgan fingerprint density at radius 1 is 1.03 bits per heavy atom. The number of piperidine rings is 1. The molecule has 6 rings (SSSR count). The molecule has 3 heterocycles. The number of halogens is 3. The van der Waals surface area contributed by atoms with Gasteiger partial charge in [-0.1, -0.05) is 23.7 Å². The molecule has 0 atom stereocenters. The smallest absolute Gasteiger partial charge is 0.194 e. The number of rotatable bonds is 3. The summed E-state index contributed by atoms with van der Waals surface area (Å²) >= 11 is 0. The van der Waals surface area contributed by atoms with Crippen LogP contribution in [0.3, 0.4) is 0 Å². The molecule has 0 unspecified atom stereocenters. The predicted molar refractivity (Wildman–Crippen MR) is 144 cm³/mol. The number of ether oxygens (including phenoxy) is 1. The molecule has 0 amide bonds. The molecule has 1 spiro atoms. The highest BCUT2D eigenvalue weighted by Crippen LogP contribution is 2.37. The van der Waals surface area contributed by atoms with Gasteiger partial charge in [0.25, 0.3) is 0 Å². The summed E-state index contributed by atoms with van der Waals surface area (Å²) in [5.74, 6) is -1.88. The van der Waals surface area contributed by atoms with E-state index in [1.807, 2.05) is 24.0 Å². The van der Waals surface area contributed by atoms with Crippen LogP contribution >= 0.6 is 0 Å². The normalized spacial score (nSPS) is 19.1. The summed E-state index contributed by atoms with van der Waals surface area (Å²) in [5.41, 5.74) is 4.28. The summed E-state index contributed by atoms with van der Waals surface area (Å²) in [6.45, 7) is 4.04. The van der Waals surface area contributed by atoms with Crippen molar-refractivity contribution in [2.75, 3.05) is 20.2 Å². The highest BCUT2D eigenvalue weighted by atomic mass is 19.2. The predicted octanol–water partition coefficient (Wildman–Crippen LogP) is 6.82. The molecule has 1 aromatic heterocycles. The maximum Gasteiger partial charge on any atom is 0.194 e. The van der Waals surface area contributed by atoms with Crippen LogP contribution < -0.4 is 4.74 Å². The highest BCUT2D eigenvalue weighted by Gasteiger charge is 2.41. The lowest BCUT2D eigenvalue weighted by molar-refractivity contribution is -0.0953. The Kier molecular flexibility index (Phi) is 7.95. The molecule has 6 nitrogen and oxygen atoms in total. The summed E-state index contributed by atoms with van der Waals surface area (Å²) in [4.78, 5) is 12.9. The van der Waals surface area contributed by atoms with E-state index in [-0.39, 0.29) is 5.60 Å². The molecule has 206 valence electrons. The lowest BCUT2D eigenvalue weighted by atomic mass is 9.83. The third kappa shape index (κ3) is 5.97. The van der Waals surface area contributed by atoms with E-state index in [2.05, 4.69) is 39.3 Å². The van der Waals surface area contributed by atoms with Gasteiger partial charge in [-0.05, 0) is 86.9 Å². The van der Waals surface area contributed by atoms with Gasteiger partial charge in [-0.15, -0.1) is 0 Å². The van der Waals surface area contributed by atoms with Crippen LogP contribution in [0.25, 0.3) is 11.8 Å². The van der Waals surface area contributed by atoms with Crippen LogP contribution in [0.1, 0.15) is 56.2 Å². The first-order valence-electron chi connectivity index (χ1n) is 13.4. The summed E-state index contributed by atoms with van der Waals surface area (Å²) in [6, 6.07) is 9.13. The van der Waals surface area contributed by atoms with Crippen molar-refractivity contribution in [1.82, 2.24) is 14.5 Å². The molecule has 39 heavy (non-hydrogen) atoms. The largest absolute Gasteiger partial charge is 0.495 e. The number of amidine groups is 1. The van der Waals surface area contributed by atoms with E-state index in [1.54, 1.807) is 7.11 Å². The van der Waals surface area contributed by atoms with Crippen LogP contribution in [0.4, 0.5) is 13.2 Å². The Labute approximate surface area is 226 Å². The van der Waals surface area contributed by atoms with Gasteiger partial charge in [0.2, 0.25) is 0 Å². The number of imidazole rings is 1. The number of fused-ring (bicyclic) bond motifs is 1. The minimum absolute atomic E-state index is 0.0575. The number of aryl methyl sites for hydroxylation is 1. The summed E-state index contributed by atoms with van der Waals surface area (Å²) in [6.07, 6.45) is 14.3. The van der Waals surface area contributed by atoms with Crippen LogP contribution in [0, 0.1) is 24.4 Å². The topological polar surface area (TPSA) is 51.9 Å². The van der Waals surface area contributed by atoms with E-state index >= 15 is 0 Å². The van der Waals surface area contributed by atoms with Crippen molar-refractivity contribution in [3.05, 3.63) is 83.2 Å². The number of methoxy groups -OCH3 is 1. The molecule has 1 saturated heterocycles. The number of hydrogen-bond acceptors (Lipinski definition) is 5. The number of nitrogens with zero attached hydrogens (tertiary/aromatic N) is 4. The van der Waals surface area contributed by atoms with E-state index in [9.17, 15) is 13.2 Å². The minimum Gasteiger partial charge on any atom is -0.495 e. The number of benzene rings is 2. The van der Waals surface area contributed by atoms with Gasteiger partial charge in [0, 0.05) is 12.7 Å². The third-order valence-corrected chi connectivity index (χ3v) is 7.47. The maximum absolute atomic E-state index is 12.0. The first-order valence-corrected chi connectivity index (χ1v) is 13.4. The zero-order valence-corrected chi connectivity index (χ0v) is 22.3. The Morgan fingerprint density at radius 3 is 2.46 bits per heavy atom. The molecular formula is C30H33F3N4O2. The summed E-state index contributed by atoms with van der Waals surface area (Å²) in [7, 11) is 1.71. The van der Waals surface area contributed by atoms with Gasteiger partial charge < -0.3 is 19.0 Å². The van der Waals surface area contributed by atoms with Crippen molar-refractivity contribution >= 4 is 11.9 Å². The zero-order valence-electron chi connectivity index (χ0n) is 22.3. The van der Waals surface area contributed by atoms with Crippen LogP contribution in [0.2, 0.25) is 0 Å². The molecule has 0 bridgehead atoms. The Balaban J connectivity index is 0.000000292. The Bertz CT molecular complexity index is 1360. The van der Waals surface area contributed by atoms with Crippen LogP contribution in [0.5, 0.6) is 5.75 Å². The zero-order chi connectivity index (χ0) is 27.4. The monoisotopic (exact) mass is 538 g/mol. The van der Waals surface area contributed by atoms with E-state index in [1.165, 1.54) is 24.8 Å². The average Bonchev–Trinajstić information content (AvgIpc) is 3.38. The standard InChI is InChI=1S/C24H30N4O2.C6H3F3/c1-18-15-28(17-25-18)21-9-8-19(14-22(21)29-2)13-20-7-6-12-27-16-24(30-26-23(20)27)10-4-3-5-11-24;7-4-2-1-3-5(8)6(4)9/h8-9,13-15,17H,3-7,10-12,16H2,1-2H3;1-3H/b20-13+;. The van der Waals surface area contributed by atoms with Crippen molar-refractivity contribution in [2.24, 2.45) is 5.16 Å². The molecule has 0 N–H and O–H groups in total. The lowest BCUT2D eigenvalue weighted by Crippen LogP contribution is -2.53.